The van der Waals surface area contributed by atoms with Crippen molar-refractivity contribution < 1.29 is 19.1 Å². The Morgan fingerprint density at radius 1 is 1.09 bits per heavy atom. The molecule has 44 heavy (non-hydrogen) atoms. The number of aromatic nitrogens is 2. The highest BCUT2D eigenvalue weighted by Crippen LogP contribution is 2.45. The summed E-state index contributed by atoms with van der Waals surface area (Å²) in [5, 5.41) is 17.3. The van der Waals surface area contributed by atoms with Crippen molar-refractivity contribution in [3.05, 3.63) is 111 Å². The molecule has 3 aromatic carbocycles. The predicted octanol–water partition coefficient (Wildman–Crippen LogP) is 6.93. The number of nitrogens with zero attached hydrogens (tertiary/aromatic N) is 3. The number of alkyl carbamates (subject to hydrolysis) is 1. The molecule has 230 valence electrons. The average molecular weight is 615 g/mol. The number of hydrogen-bond acceptors (Lipinski definition) is 5. The molecule has 1 saturated carbocycles. The first-order valence-electron chi connectivity index (χ1n) is 15.1. The normalized spacial score (nSPS) is 13.8. The third-order valence-corrected chi connectivity index (χ3v) is 7.88. The van der Waals surface area contributed by atoms with Gasteiger partial charge in [-0.2, -0.15) is 4.73 Å². The topological polar surface area (TPSA) is 98.5 Å². The Morgan fingerprint density at radius 3 is 2.45 bits per heavy atom. The Balaban J connectivity index is 1.56. The summed E-state index contributed by atoms with van der Waals surface area (Å²) in [4.78, 5) is 33.5. The van der Waals surface area contributed by atoms with Crippen LogP contribution in [0.25, 0.3) is 11.0 Å². The molecule has 0 spiro atoms. The van der Waals surface area contributed by atoms with Gasteiger partial charge < -0.3 is 20.2 Å². The third-order valence-electron chi connectivity index (χ3n) is 7.64. The fourth-order valence-corrected chi connectivity index (χ4v) is 5.58. The molecule has 0 aliphatic heterocycles. The first-order chi connectivity index (χ1) is 21.0. The van der Waals surface area contributed by atoms with Crippen LogP contribution < -0.4 is 10.0 Å². The molecule has 8 nitrogen and oxygen atoms in total. The molecule has 1 aliphatic rings. The quantitative estimate of drug-likeness (QED) is 0.119. The summed E-state index contributed by atoms with van der Waals surface area (Å²) in [6.45, 7) is 8.09. The maximum atomic E-state index is 14.3. The van der Waals surface area contributed by atoms with Crippen LogP contribution in [-0.4, -0.2) is 40.6 Å². The molecule has 1 N–H and O–H groups in total. The Kier molecular flexibility index (Phi) is 9.39. The van der Waals surface area contributed by atoms with Crippen molar-refractivity contribution in [2.24, 2.45) is 5.92 Å². The molecule has 1 aliphatic carbocycles. The predicted molar refractivity (Wildman–Crippen MR) is 171 cm³/mol. The lowest BCUT2D eigenvalue weighted by Crippen LogP contribution is -2.43. The van der Waals surface area contributed by atoms with Gasteiger partial charge in [-0.05, 0) is 82.7 Å². The molecule has 4 aromatic rings. The second-order valence-electron chi connectivity index (χ2n) is 12.5. The minimum absolute atomic E-state index is 0.141. The molecule has 5 rings (SSSR count). The Labute approximate surface area is 263 Å². The van der Waals surface area contributed by atoms with Gasteiger partial charge in [0, 0.05) is 29.7 Å². The number of fused-ring (bicyclic) bond motifs is 1. The van der Waals surface area contributed by atoms with Crippen LogP contribution in [0, 0.1) is 18.0 Å². The van der Waals surface area contributed by atoms with Crippen LogP contribution in [0.2, 0.25) is 5.02 Å². The van der Waals surface area contributed by atoms with E-state index in [9.17, 15) is 14.8 Å². The summed E-state index contributed by atoms with van der Waals surface area (Å²) < 4.78 is 6.34. The standard InChI is InChI=1S/C35H39ClN4O4/c1-23-11-13-26(14-12-23)33(41)39(20-8-19-37-34(42)44-35(2,3)4)32(25-15-16-25)31-30(21-24-9-6-5-7-10-24)40(43)29-18-17-27(36)22-28(29)38-31/h5-7,9-14,17-18,22,25,32H,8,15-16,19-21H2,1-4H3,(H,37,42). The van der Waals surface area contributed by atoms with Crippen LogP contribution in [0.5, 0.6) is 0 Å². The SMILES string of the molecule is Cc1ccc(C(=O)N(CCCNC(=O)OC(C)(C)C)C(c2nc3cc(Cl)ccc3[n+]([O-])c2Cc2ccccc2)C2CC2)cc1. The monoisotopic (exact) mass is 614 g/mol. The molecule has 1 fully saturated rings. The van der Waals surface area contributed by atoms with Crippen LogP contribution in [0.1, 0.15) is 78.9 Å². The van der Waals surface area contributed by atoms with Gasteiger partial charge in [0.2, 0.25) is 11.2 Å². The van der Waals surface area contributed by atoms with Crippen molar-refractivity contribution in [1.82, 2.24) is 15.2 Å². The van der Waals surface area contributed by atoms with Gasteiger partial charge in [-0.15, -0.1) is 0 Å². The van der Waals surface area contributed by atoms with Gasteiger partial charge in [0.25, 0.3) is 5.91 Å². The lowest BCUT2D eigenvalue weighted by atomic mass is 9.98. The Bertz CT molecular complexity index is 1630. The minimum Gasteiger partial charge on any atom is -0.618 e. The lowest BCUT2D eigenvalue weighted by molar-refractivity contribution is -0.586. The van der Waals surface area contributed by atoms with Crippen molar-refractivity contribution in [2.75, 3.05) is 13.1 Å². The fourth-order valence-electron chi connectivity index (χ4n) is 5.41. The minimum atomic E-state index is -0.609. The molecule has 0 saturated heterocycles. The summed E-state index contributed by atoms with van der Waals surface area (Å²) >= 11 is 6.34. The molecule has 1 aromatic heterocycles. The Hall–Kier alpha value is -4.17. The molecule has 1 unspecified atom stereocenters. The summed E-state index contributed by atoms with van der Waals surface area (Å²) in [5.74, 6) is -0.00265. The van der Waals surface area contributed by atoms with Gasteiger partial charge >= 0.3 is 6.09 Å². The number of rotatable bonds is 10. The van der Waals surface area contributed by atoms with Crippen LogP contribution in [0.3, 0.4) is 0 Å². The van der Waals surface area contributed by atoms with E-state index in [-0.39, 0.29) is 11.8 Å². The fraction of sp³-hybridized carbons (Fsp3) is 0.371. The maximum absolute atomic E-state index is 14.3. The van der Waals surface area contributed by atoms with Crippen molar-refractivity contribution in [3.63, 3.8) is 0 Å². The smallest absolute Gasteiger partial charge is 0.407 e. The molecule has 9 heteroatoms. The number of ether oxygens (including phenoxy) is 1. The molecular formula is C35H39ClN4O4. The van der Waals surface area contributed by atoms with Crippen LogP contribution >= 0.6 is 11.6 Å². The number of halogens is 1. The molecule has 1 atom stereocenters. The molecule has 0 bridgehead atoms. The molecule has 1 heterocycles. The molecule has 2 amide bonds. The first kappa shape index (κ1) is 31.3. The van der Waals surface area contributed by atoms with Gasteiger partial charge in [-0.1, -0.05) is 59.6 Å². The summed E-state index contributed by atoms with van der Waals surface area (Å²) in [7, 11) is 0. The number of aryl methyl sites for hydroxylation is 1. The van der Waals surface area contributed by atoms with E-state index in [0.717, 1.165) is 28.7 Å². The van der Waals surface area contributed by atoms with Crippen molar-refractivity contribution in [3.8, 4) is 0 Å². The zero-order chi connectivity index (χ0) is 31.4. The van der Waals surface area contributed by atoms with Crippen molar-refractivity contribution in [1.29, 1.82) is 0 Å². The highest BCUT2D eigenvalue weighted by molar-refractivity contribution is 6.31. The lowest BCUT2D eigenvalue weighted by Gasteiger charge is -2.33. The first-order valence-corrected chi connectivity index (χ1v) is 15.5. The number of benzene rings is 3. The van der Waals surface area contributed by atoms with E-state index < -0.39 is 17.7 Å². The third kappa shape index (κ3) is 7.66. The highest BCUT2D eigenvalue weighted by atomic mass is 35.5. The highest BCUT2D eigenvalue weighted by Gasteiger charge is 2.43. The van der Waals surface area contributed by atoms with E-state index >= 15 is 0 Å². The van der Waals surface area contributed by atoms with Crippen LogP contribution in [0.15, 0.2) is 72.8 Å². The zero-order valence-electron chi connectivity index (χ0n) is 25.7. The van der Waals surface area contributed by atoms with Gasteiger partial charge in [0.1, 0.15) is 16.8 Å². The largest absolute Gasteiger partial charge is 0.618 e. The van der Waals surface area contributed by atoms with E-state index in [0.29, 0.717) is 58.9 Å². The summed E-state index contributed by atoms with van der Waals surface area (Å²) in [5.41, 5.74) is 3.99. The van der Waals surface area contributed by atoms with Crippen LogP contribution in [-0.2, 0) is 11.2 Å². The number of nitrogens with one attached hydrogen (secondary N) is 1. The van der Waals surface area contributed by atoms with Crippen LogP contribution in [0.4, 0.5) is 4.79 Å². The van der Waals surface area contributed by atoms with E-state index in [1.165, 1.54) is 0 Å². The van der Waals surface area contributed by atoms with E-state index in [2.05, 4.69) is 5.32 Å². The van der Waals surface area contributed by atoms with Crippen molar-refractivity contribution in [2.45, 2.75) is 65.0 Å². The van der Waals surface area contributed by atoms with Gasteiger partial charge in [0.05, 0.1) is 12.5 Å². The maximum Gasteiger partial charge on any atom is 0.407 e. The molecule has 0 radical (unpaired) electrons. The van der Waals surface area contributed by atoms with E-state index in [1.54, 1.807) is 18.2 Å². The van der Waals surface area contributed by atoms with Gasteiger partial charge in [-0.25, -0.2) is 9.78 Å². The number of hydrogen-bond donors (Lipinski definition) is 1. The second-order valence-corrected chi connectivity index (χ2v) is 12.9. The summed E-state index contributed by atoms with van der Waals surface area (Å²) in [6, 6.07) is 22.0. The van der Waals surface area contributed by atoms with Gasteiger partial charge in [0.15, 0.2) is 0 Å². The van der Waals surface area contributed by atoms with Gasteiger partial charge in [-0.3, -0.25) is 4.79 Å². The van der Waals surface area contributed by atoms with Crippen molar-refractivity contribution >= 4 is 34.6 Å². The van der Waals surface area contributed by atoms with E-state index in [4.69, 9.17) is 21.3 Å². The van der Waals surface area contributed by atoms with E-state index in [1.807, 2.05) is 87.2 Å². The second kappa shape index (κ2) is 13.2. The number of amides is 2. The average Bonchev–Trinajstić information content (AvgIpc) is 3.81. The Morgan fingerprint density at radius 2 is 1.80 bits per heavy atom. The molecular weight excluding hydrogens is 576 g/mol. The zero-order valence-corrected chi connectivity index (χ0v) is 26.4. The number of carbonyl (C=O) groups is 2. The number of carbonyl (C=O) groups excluding carboxylic acids is 2. The summed E-state index contributed by atoms with van der Waals surface area (Å²) in [6.07, 6.45) is 2.18.